The van der Waals surface area contributed by atoms with Gasteiger partial charge in [0.05, 0.1) is 18.6 Å². The van der Waals surface area contributed by atoms with Crippen molar-refractivity contribution in [2.45, 2.75) is 32.8 Å². The summed E-state index contributed by atoms with van der Waals surface area (Å²) in [4.78, 5) is 11.7. The molecule has 1 rings (SSSR count). The number of hydrogen-bond acceptors (Lipinski definition) is 4. The van der Waals surface area contributed by atoms with E-state index in [-0.39, 0.29) is 5.97 Å². The number of carbonyl (C=O) groups excluding carboxylic acids is 1. The van der Waals surface area contributed by atoms with Gasteiger partial charge < -0.3 is 9.84 Å². The van der Waals surface area contributed by atoms with Gasteiger partial charge in [0.1, 0.15) is 0 Å². The molecule has 0 saturated carbocycles. The number of carbonyl (C=O) groups is 1. The molecule has 0 fully saturated rings. The smallest absolute Gasteiger partial charge is 0.311 e. The number of aliphatic hydroxyl groups excluding tert-OH is 1. The second-order valence-corrected chi connectivity index (χ2v) is 4.43. The van der Waals surface area contributed by atoms with Crippen molar-refractivity contribution in [3.05, 3.63) is 22.4 Å². The number of thiophene rings is 1. The molecule has 4 heteroatoms. The zero-order valence-electron chi connectivity index (χ0n) is 9.68. The molecular formula is C12H18O3S. The van der Waals surface area contributed by atoms with E-state index in [0.29, 0.717) is 13.0 Å². The number of aliphatic hydroxyl groups is 1. The standard InChI is InChI=1S/C12H18O3S/c1-3-5-10(12(14)15-4-2)11(13)9-6-7-16-8-9/h6-8,10-11,13H,3-5H2,1-2H3. The summed E-state index contributed by atoms with van der Waals surface area (Å²) in [6, 6.07) is 1.84. The van der Waals surface area contributed by atoms with E-state index >= 15 is 0 Å². The van der Waals surface area contributed by atoms with Crippen LogP contribution in [-0.2, 0) is 9.53 Å². The normalized spacial score (nSPS) is 14.4. The van der Waals surface area contributed by atoms with Crippen LogP contribution in [0.15, 0.2) is 16.8 Å². The van der Waals surface area contributed by atoms with Crippen LogP contribution >= 0.6 is 11.3 Å². The van der Waals surface area contributed by atoms with Crippen molar-refractivity contribution in [2.24, 2.45) is 5.92 Å². The van der Waals surface area contributed by atoms with E-state index < -0.39 is 12.0 Å². The second-order valence-electron chi connectivity index (χ2n) is 3.65. The van der Waals surface area contributed by atoms with Gasteiger partial charge in [-0.25, -0.2) is 0 Å². The minimum atomic E-state index is -0.745. The molecule has 1 aromatic heterocycles. The fraction of sp³-hybridized carbons (Fsp3) is 0.583. The van der Waals surface area contributed by atoms with E-state index in [1.165, 1.54) is 11.3 Å². The molecule has 0 bridgehead atoms. The topological polar surface area (TPSA) is 46.5 Å². The Labute approximate surface area is 100 Å². The van der Waals surface area contributed by atoms with Crippen molar-refractivity contribution in [3.63, 3.8) is 0 Å². The van der Waals surface area contributed by atoms with Crippen molar-refractivity contribution in [1.82, 2.24) is 0 Å². The molecule has 2 unspecified atom stereocenters. The molecule has 1 heterocycles. The summed E-state index contributed by atoms with van der Waals surface area (Å²) in [7, 11) is 0. The van der Waals surface area contributed by atoms with Crippen LogP contribution in [0, 0.1) is 5.92 Å². The molecule has 0 radical (unpaired) electrons. The molecule has 90 valence electrons. The quantitative estimate of drug-likeness (QED) is 0.780. The van der Waals surface area contributed by atoms with E-state index in [9.17, 15) is 9.90 Å². The van der Waals surface area contributed by atoms with E-state index in [4.69, 9.17) is 4.74 Å². The maximum Gasteiger partial charge on any atom is 0.311 e. The summed E-state index contributed by atoms with van der Waals surface area (Å²) in [5.74, 6) is -0.748. The molecular weight excluding hydrogens is 224 g/mol. The monoisotopic (exact) mass is 242 g/mol. The van der Waals surface area contributed by atoms with Crippen molar-refractivity contribution >= 4 is 17.3 Å². The third-order valence-corrected chi connectivity index (χ3v) is 3.16. The maximum absolute atomic E-state index is 11.7. The van der Waals surface area contributed by atoms with Gasteiger partial charge in [0, 0.05) is 0 Å². The van der Waals surface area contributed by atoms with Gasteiger partial charge in [0.25, 0.3) is 0 Å². The lowest BCUT2D eigenvalue weighted by Gasteiger charge is -2.20. The first-order valence-electron chi connectivity index (χ1n) is 5.57. The molecule has 2 atom stereocenters. The number of rotatable bonds is 6. The Bertz CT molecular complexity index is 308. The Kier molecular flexibility index (Phi) is 5.49. The SMILES string of the molecule is CCCC(C(=O)OCC)C(O)c1ccsc1. The van der Waals surface area contributed by atoms with Crippen LogP contribution in [0.1, 0.15) is 38.4 Å². The third-order valence-electron chi connectivity index (χ3n) is 2.45. The van der Waals surface area contributed by atoms with E-state index in [0.717, 1.165) is 12.0 Å². The highest BCUT2D eigenvalue weighted by atomic mass is 32.1. The zero-order valence-corrected chi connectivity index (χ0v) is 10.5. The van der Waals surface area contributed by atoms with Gasteiger partial charge in [-0.15, -0.1) is 0 Å². The van der Waals surface area contributed by atoms with Crippen LogP contribution in [0.2, 0.25) is 0 Å². The van der Waals surface area contributed by atoms with Crippen molar-refractivity contribution in [3.8, 4) is 0 Å². The molecule has 1 aromatic rings. The van der Waals surface area contributed by atoms with Gasteiger partial charge in [-0.1, -0.05) is 13.3 Å². The van der Waals surface area contributed by atoms with Gasteiger partial charge >= 0.3 is 5.97 Å². The minimum Gasteiger partial charge on any atom is -0.466 e. The largest absolute Gasteiger partial charge is 0.466 e. The predicted octanol–water partition coefficient (Wildman–Crippen LogP) is 2.76. The third kappa shape index (κ3) is 3.32. The van der Waals surface area contributed by atoms with Gasteiger partial charge in [-0.3, -0.25) is 4.79 Å². The fourth-order valence-corrected chi connectivity index (χ4v) is 2.33. The van der Waals surface area contributed by atoms with Gasteiger partial charge in [0.2, 0.25) is 0 Å². The van der Waals surface area contributed by atoms with Gasteiger partial charge in [-0.2, -0.15) is 11.3 Å². The van der Waals surface area contributed by atoms with Crippen molar-refractivity contribution in [2.75, 3.05) is 6.61 Å². The lowest BCUT2D eigenvalue weighted by atomic mass is 9.93. The highest BCUT2D eigenvalue weighted by Crippen LogP contribution is 2.28. The minimum absolute atomic E-state index is 0.303. The highest BCUT2D eigenvalue weighted by Gasteiger charge is 2.28. The maximum atomic E-state index is 11.7. The Hall–Kier alpha value is -0.870. The first-order valence-corrected chi connectivity index (χ1v) is 6.51. The summed E-state index contributed by atoms with van der Waals surface area (Å²) in [5.41, 5.74) is 0.802. The summed E-state index contributed by atoms with van der Waals surface area (Å²) in [6.45, 7) is 4.12. The summed E-state index contributed by atoms with van der Waals surface area (Å²) in [6.07, 6.45) is 0.755. The molecule has 0 amide bonds. The first kappa shape index (κ1) is 13.2. The second kappa shape index (κ2) is 6.66. The van der Waals surface area contributed by atoms with Gasteiger partial charge in [-0.05, 0) is 35.7 Å². The lowest BCUT2D eigenvalue weighted by Crippen LogP contribution is -2.24. The highest BCUT2D eigenvalue weighted by molar-refractivity contribution is 7.07. The summed E-state index contributed by atoms with van der Waals surface area (Å²) in [5, 5.41) is 13.9. The van der Waals surface area contributed by atoms with E-state index in [1.807, 2.05) is 23.8 Å². The molecule has 0 aliphatic carbocycles. The molecule has 0 aliphatic rings. The first-order chi connectivity index (χ1) is 7.70. The van der Waals surface area contributed by atoms with E-state index in [2.05, 4.69) is 0 Å². The summed E-state index contributed by atoms with van der Waals surface area (Å²) >= 11 is 1.52. The summed E-state index contributed by atoms with van der Waals surface area (Å²) < 4.78 is 4.98. The number of esters is 1. The molecule has 16 heavy (non-hydrogen) atoms. The molecule has 1 N–H and O–H groups in total. The molecule has 0 aromatic carbocycles. The average molecular weight is 242 g/mol. The predicted molar refractivity (Wildman–Crippen MR) is 64.3 cm³/mol. The van der Waals surface area contributed by atoms with E-state index in [1.54, 1.807) is 6.92 Å². The van der Waals surface area contributed by atoms with Crippen molar-refractivity contribution < 1.29 is 14.6 Å². The van der Waals surface area contributed by atoms with Crippen molar-refractivity contribution in [1.29, 1.82) is 0 Å². The fourth-order valence-electron chi connectivity index (χ4n) is 1.64. The van der Waals surface area contributed by atoms with Crippen LogP contribution in [0.5, 0.6) is 0 Å². The zero-order chi connectivity index (χ0) is 12.0. The molecule has 0 spiro atoms. The molecule has 0 aliphatic heterocycles. The van der Waals surface area contributed by atoms with Crippen LogP contribution < -0.4 is 0 Å². The number of ether oxygens (including phenoxy) is 1. The Balaban J connectivity index is 2.72. The Morgan fingerprint density at radius 3 is 2.81 bits per heavy atom. The Morgan fingerprint density at radius 2 is 2.31 bits per heavy atom. The number of hydrogen-bond donors (Lipinski definition) is 1. The van der Waals surface area contributed by atoms with Crippen LogP contribution in [0.25, 0.3) is 0 Å². The lowest BCUT2D eigenvalue weighted by molar-refractivity contribution is -0.152. The van der Waals surface area contributed by atoms with Crippen LogP contribution in [0.4, 0.5) is 0 Å². The Morgan fingerprint density at radius 1 is 1.56 bits per heavy atom. The van der Waals surface area contributed by atoms with Crippen LogP contribution in [-0.4, -0.2) is 17.7 Å². The van der Waals surface area contributed by atoms with Crippen LogP contribution in [0.3, 0.4) is 0 Å². The average Bonchev–Trinajstić information content (AvgIpc) is 2.78. The van der Waals surface area contributed by atoms with Gasteiger partial charge in [0.15, 0.2) is 0 Å². The molecule has 0 saturated heterocycles. The molecule has 3 nitrogen and oxygen atoms in total.